The minimum Gasteiger partial charge on any atom is -0.316 e. The molecule has 1 aromatic carbocycles. The lowest BCUT2D eigenvalue weighted by molar-refractivity contribution is 0.100. The normalized spacial score (nSPS) is 12.2. The second-order valence-corrected chi connectivity index (χ2v) is 6.86. The minimum atomic E-state index is -0.155. The Hall–Kier alpha value is -1.72. The van der Waals surface area contributed by atoms with Crippen molar-refractivity contribution in [2.75, 3.05) is 0 Å². The Kier molecular flexibility index (Phi) is 4.03. The molecular weight excluding hydrogens is 300 g/mol. The van der Waals surface area contributed by atoms with Gasteiger partial charge in [0.2, 0.25) is 0 Å². The number of benzene rings is 1. The Balaban J connectivity index is 2.16. The summed E-state index contributed by atoms with van der Waals surface area (Å²) < 4.78 is 3.33. The molecule has 0 saturated heterocycles. The second-order valence-electron chi connectivity index (χ2n) is 4.90. The molecule has 0 atom stereocenters. The summed E-state index contributed by atoms with van der Waals surface area (Å²) in [6, 6.07) is 10.1. The molecule has 2 heterocycles. The molecule has 0 aliphatic heterocycles. The molecular formula is C16H16N2OS2. The van der Waals surface area contributed by atoms with Gasteiger partial charge in [-0.2, -0.15) is 4.99 Å². The number of amides is 1. The smallest absolute Gasteiger partial charge is 0.289 e. The Morgan fingerprint density at radius 3 is 2.90 bits per heavy atom. The number of nitrogens with zero attached hydrogens (tertiary/aromatic N) is 2. The van der Waals surface area contributed by atoms with Gasteiger partial charge in [0.25, 0.3) is 5.91 Å². The van der Waals surface area contributed by atoms with Crippen molar-refractivity contribution in [3.05, 3.63) is 51.0 Å². The summed E-state index contributed by atoms with van der Waals surface area (Å²) in [4.78, 5) is 18.0. The third-order valence-corrected chi connectivity index (χ3v) is 5.11. The highest BCUT2D eigenvalue weighted by Gasteiger charge is 2.09. The van der Waals surface area contributed by atoms with Crippen LogP contribution in [-0.2, 0) is 6.54 Å². The van der Waals surface area contributed by atoms with Crippen molar-refractivity contribution >= 4 is 38.8 Å². The van der Waals surface area contributed by atoms with E-state index in [1.165, 1.54) is 21.6 Å². The predicted octanol–water partition coefficient (Wildman–Crippen LogP) is 4.22. The molecule has 0 radical (unpaired) electrons. The molecule has 0 bridgehead atoms. The zero-order valence-electron chi connectivity index (χ0n) is 12.0. The number of fused-ring (bicyclic) bond motifs is 1. The first-order valence-corrected chi connectivity index (χ1v) is 8.61. The van der Waals surface area contributed by atoms with Gasteiger partial charge in [-0.25, -0.2) is 0 Å². The molecule has 3 nitrogen and oxygen atoms in total. The first-order chi connectivity index (χ1) is 10.2. The topological polar surface area (TPSA) is 34.4 Å². The van der Waals surface area contributed by atoms with Crippen molar-refractivity contribution in [1.29, 1.82) is 0 Å². The largest absolute Gasteiger partial charge is 0.316 e. The van der Waals surface area contributed by atoms with E-state index in [-0.39, 0.29) is 5.91 Å². The van der Waals surface area contributed by atoms with Crippen molar-refractivity contribution < 1.29 is 4.79 Å². The third kappa shape index (κ3) is 2.84. The maximum atomic E-state index is 12.2. The number of rotatable bonds is 3. The number of carbonyl (C=O) groups is 1. The van der Waals surface area contributed by atoms with Crippen LogP contribution in [0.2, 0.25) is 0 Å². The summed E-state index contributed by atoms with van der Waals surface area (Å²) in [7, 11) is 0. The van der Waals surface area contributed by atoms with Gasteiger partial charge in [0, 0.05) is 6.54 Å². The molecule has 108 valence electrons. The highest BCUT2D eigenvalue weighted by atomic mass is 32.1. The molecule has 3 aromatic rings. The van der Waals surface area contributed by atoms with Gasteiger partial charge in [0.15, 0.2) is 4.80 Å². The number of thiophene rings is 1. The lowest BCUT2D eigenvalue weighted by Gasteiger charge is -2.02. The zero-order valence-corrected chi connectivity index (χ0v) is 13.6. The summed E-state index contributed by atoms with van der Waals surface area (Å²) in [6.45, 7) is 5.09. The molecule has 2 aromatic heterocycles. The van der Waals surface area contributed by atoms with Crippen LogP contribution in [0.5, 0.6) is 0 Å². The lowest BCUT2D eigenvalue weighted by atomic mass is 10.2. The summed E-state index contributed by atoms with van der Waals surface area (Å²) in [5.41, 5.74) is 2.38. The van der Waals surface area contributed by atoms with Crippen LogP contribution in [0.4, 0.5) is 0 Å². The number of aromatic nitrogens is 1. The molecule has 0 saturated carbocycles. The molecule has 0 spiro atoms. The van der Waals surface area contributed by atoms with Crippen molar-refractivity contribution in [2.24, 2.45) is 4.99 Å². The maximum absolute atomic E-state index is 12.2. The fourth-order valence-electron chi connectivity index (χ4n) is 2.25. The first-order valence-electron chi connectivity index (χ1n) is 6.91. The summed E-state index contributed by atoms with van der Waals surface area (Å²) in [6.07, 6.45) is 1.01. The van der Waals surface area contributed by atoms with Gasteiger partial charge in [0.05, 0.1) is 15.1 Å². The van der Waals surface area contributed by atoms with Crippen LogP contribution in [0.1, 0.15) is 28.6 Å². The first kappa shape index (κ1) is 14.2. The highest BCUT2D eigenvalue weighted by molar-refractivity contribution is 7.16. The molecule has 1 amide bonds. The van der Waals surface area contributed by atoms with Gasteiger partial charge in [-0.05, 0) is 42.5 Å². The Bertz CT molecular complexity index is 841. The van der Waals surface area contributed by atoms with Crippen molar-refractivity contribution in [3.8, 4) is 0 Å². The number of hydrogen-bond acceptors (Lipinski definition) is 3. The second kappa shape index (κ2) is 5.95. The standard InChI is InChI=1S/C16H16N2OS2/c1-3-8-18-12-7-6-11(2)10-14(12)21-16(18)17-15(19)13-5-4-9-20-13/h4-7,9-10H,3,8H2,1-2H3. The minimum absolute atomic E-state index is 0.155. The van der Waals surface area contributed by atoms with Gasteiger partial charge in [-0.3, -0.25) is 4.79 Å². The van der Waals surface area contributed by atoms with E-state index in [1.807, 2.05) is 17.5 Å². The fraction of sp³-hybridized carbons (Fsp3) is 0.250. The number of aryl methyl sites for hydroxylation is 2. The molecule has 3 rings (SSSR count). The van der Waals surface area contributed by atoms with Crippen molar-refractivity contribution in [2.45, 2.75) is 26.8 Å². The Morgan fingerprint density at radius 1 is 1.33 bits per heavy atom. The Labute approximate surface area is 131 Å². The fourth-order valence-corrected chi connectivity index (χ4v) is 4.01. The van der Waals surface area contributed by atoms with Crippen molar-refractivity contribution in [1.82, 2.24) is 4.57 Å². The van der Waals surface area contributed by atoms with Gasteiger partial charge in [0.1, 0.15) is 0 Å². The van der Waals surface area contributed by atoms with Crippen LogP contribution >= 0.6 is 22.7 Å². The van der Waals surface area contributed by atoms with Gasteiger partial charge in [-0.1, -0.05) is 30.4 Å². The van der Waals surface area contributed by atoms with Gasteiger partial charge >= 0.3 is 0 Å². The summed E-state index contributed by atoms with van der Waals surface area (Å²) in [5.74, 6) is -0.155. The van der Waals surface area contributed by atoms with Crippen LogP contribution in [0, 0.1) is 6.92 Å². The van der Waals surface area contributed by atoms with Crippen LogP contribution in [0.25, 0.3) is 10.2 Å². The van der Waals surface area contributed by atoms with E-state index in [9.17, 15) is 4.79 Å². The highest BCUT2D eigenvalue weighted by Crippen LogP contribution is 2.19. The van der Waals surface area contributed by atoms with E-state index in [0.29, 0.717) is 4.88 Å². The number of thiazole rings is 1. The quantitative estimate of drug-likeness (QED) is 0.712. The molecule has 0 aliphatic carbocycles. The van der Waals surface area contributed by atoms with Crippen LogP contribution < -0.4 is 4.80 Å². The average molecular weight is 316 g/mol. The zero-order chi connectivity index (χ0) is 14.8. The molecule has 0 fully saturated rings. The van der Waals surface area contributed by atoms with E-state index in [4.69, 9.17) is 0 Å². The predicted molar refractivity (Wildman–Crippen MR) is 89.1 cm³/mol. The summed E-state index contributed by atoms with van der Waals surface area (Å²) in [5, 5.41) is 1.90. The number of hydrogen-bond donors (Lipinski definition) is 0. The summed E-state index contributed by atoms with van der Waals surface area (Å²) >= 11 is 3.01. The van der Waals surface area contributed by atoms with Crippen LogP contribution in [-0.4, -0.2) is 10.5 Å². The molecule has 5 heteroatoms. The van der Waals surface area contributed by atoms with Gasteiger partial charge in [-0.15, -0.1) is 11.3 Å². The molecule has 0 aliphatic rings. The maximum Gasteiger partial charge on any atom is 0.289 e. The van der Waals surface area contributed by atoms with E-state index in [2.05, 4.69) is 41.6 Å². The van der Waals surface area contributed by atoms with Crippen LogP contribution in [0.3, 0.4) is 0 Å². The van der Waals surface area contributed by atoms with E-state index >= 15 is 0 Å². The molecule has 0 unspecified atom stereocenters. The van der Waals surface area contributed by atoms with E-state index < -0.39 is 0 Å². The average Bonchev–Trinajstić information content (AvgIpc) is 3.08. The molecule has 21 heavy (non-hydrogen) atoms. The van der Waals surface area contributed by atoms with Gasteiger partial charge < -0.3 is 4.57 Å². The molecule has 0 N–H and O–H groups in total. The third-order valence-electron chi connectivity index (χ3n) is 3.21. The van der Waals surface area contributed by atoms with E-state index in [0.717, 1.165) is 23.3 Å². The van der Waals surface area contributed by atoms with Crippen LogP contribution in [0.15, 0.2) is 40.7 Å². The van der Waals surface area contributed by atoms with E-state index in [1.54, 1.807) is 11.3 Å². The van der Waals surface area contributed by atoms with Crippen molar-refractivity contribution in [3.63, 3.8) is 0 Å². The lowest BCUT2D eigenvalue weighted by Crippen LogP contribution is -2.16. The SMILES string of the molecule is CCCn1c(=NC(=O)c2cccs2)sc2cc(C)ccc21. The Morgan fingerprint density at radius 2 is 2.19 bits per heavy atom. The monoisotopic (exact) mass is 316 g/mol. The number of carbonyl (C=O) groups excluding carboxylic acids is 1.